The molecular weight excluding hydrogens is 214 g/mol. The van der Waals surface area contributed by atoms with E-state index in [-0.39, 0.29) is 12.0 Å². The van der Waals surface area contributed by atoms with Crippen LogP contribution in [0.25, 0.3) is 0 Å². The Labute approximate surface area is 103 Å². The van der Waals surface area contributed by atoms with Gasteiger partial charge >= 0.3 is 0 Å². The normalized spacial score (nSPS) is 17.1. The molecule has 2 rings (SSSR count). The highest BCUT2D eigenvalue weighted by Gasteiger charge is 2.23. The van der Waals surface area contributed by atoms with Crippen LogP contribution in [0.15, 0.2) is 24.3 Å². The predicted molar refractivity (Wildman–Crippen MR) is 68.1 cm³/mol. The molecule has 0 fully saturated rings. The molecule has 0 saturated heterocycles. The van der Waals surface area contributed by atoms with Gasteiger partial charge in [-0.15, -0.1) is 0 Å². The van der Waals surface area contributed by atoms with Gasteiger partial charge in [-0.25, -0.2) is 0 Å². The van der Waals surface area contributed by atoms with E-state index in [1.54, 1.807) is 0 Å². The molecule has 1 heterocycles. The second-order valence-corrected chi connectivity index (χ2v) is 5.49. The molecule has 1 aliphatic heterocycles. The van der Waals surface area contributed by atoms with Crippen LogP contribution in [-0.4, -0.2) is 36.3 Å². The van der Waals surface area contributed by atoms with Gasteiger partial charge in [0, 0.05) is 37.2 Å². The van der Waals surface area contributed by atoms with Crippen molar-refractivity contribution in [3.05, 3.63) is 29.8 Å². The molecule has 1 aromatic carbocycles. The maximum Gasteiger partial charge on any atom is 0.123 e. The molecule has 0 radical (unpaired) electrons. The monoisotopic (exact) mass is 235 g/mol. The van der Waals surface area contributed by atoms with E-state index in [9.17, 15) is 5.11 Å². The zero-order valence-corrected chi connectivity index (χ0v) is 10.6. The summed E-state index contributed by atoms with van der Waals surface area (Å²) in [6, 6.07) is 8.19. The van der Waals surface area contributed by atoms with E-state index in [0.717, 1.165) is 32.0 Å². The minimum Gasteiger partial charge on any atom is -0.492 e. The first-order valence-electron chi connectivity index (χ1n) is 6.15. The summed E-state index contributed by atoms with van der Waals surface area (Å²) in [6.45, 7) is 7.82. The van der Waals surface area contributed by atoms with Gasteiger partial charge in [-0.3, -0.25) is 4.90 Å². The zero-order valence-electron chi connectivity index (χ0n) is 10.6. The van der Waals surface area contributed by atoms with Gasteiger partial charge < -0.3 is 9.84 Å². The Balaban J connectivity index is 2.08. The molecule has 17 heavy (non-hydrogen) atoms. The molecule has 3 heteroatoms. The van der Waals surface area contributed by atoms with Gasteiger partial charge in [-0.05, 0) is 6.07 Å². The summed E-state index contributed by atoms with van der Waals surface area (Å²) >= 11 is 0. The number of para-hydroxylation sites is 1. The number of rotatable bonds is 3. The van der Waals surface area contributed by atoms with Crippen LogP contribution in [0.5, 0.6) is 5.75 Å². The lowest BCUT2D eigenvalue weighted by molar-refractivity contribution is 0.0954. The van der Waals surface area contributed by atoms with Gasteiger partial charge in [0.2, 0.25) is 0 Å². The van der Waals surface area contributed by atoms with E-state index < -0.39 is 0 Å². The van der Waals surface area contributed by atoms with Crippen molar-refractivity contribution in [2.75, 3.05) is 26.3 Å². The Morgan fingerprint density at radius 2 is 2.12 bits per heavy atom. The summed E-state index contributed by atoms with van der Waals surface area (Å²) in [6.07, 6.45) is 0. The summed E-state index contributed by atoms with van der Waals surface area (Å²) in [5.74, 6) is 0.997. The molecule has 1 N–H and O–H groups in total. The second-order valence-electron chi connectivity index (χ2n) is 5.49. The third kappa shape index (κ3) is 3.20. The van der Waals surface area contributed by atoms with Crippen LogP contribution < -0.4 is 4.74 Å². The highest BCUT2D eigenvalue weighted by molar-refractivity contribution is 5.33. The van der Waals surface area contributed by atoms with Crippen molar-refractivity contribution in [1.82, 2.24) is 4.90 Å². The SMILES string of the molecule is CC(C)(CO)CN1CCOc2ccccc2C1. The van der Waals surface area contributed by atoms with Crippen molar-refractivity contribution in [3.8, 4) is 5.75 Å². The third-order valence-electron chi connectivity index (χ3n) is 3.11. The van der Waals surface area contributed by atoms with E-state index in [2.05, 4.69) is 24.8 Å². The fourth-order valence-corrected chi connectivity index (χ4v) is 2.17. The minimum atomic E-state index is -0.0563. The maximum absolute atomic E-state index is 9.33. The van der Waals surface area contributed by atoms with Crippen LogP contribution in [0.4, 0.5) is 0 Å². The molecule has 1 aromatic rings. The highest BCUT2D eigenvalue weighted by Crippen LogP contribution is 2.24. The third-order valence-corrected chi connectivity index (χ3v) is 3.11. The molecule has 0 spiro atoms. The van der Waals surface area contributed by atoms with Crippen molar-refractivity contribution in [2.45, 2.75) is 20.4 Å². The Morgan fingerprint density at radius 1 is 1.35 bits per heavy atom. The molecule has 0 saturated carbocycles. The predicted octanol–water partition coefficient (Wildman–Crippen LogP) is 1.90. The Morgan fingerprint density at radius 3 is 2.88 bits per heavy atom. The summed E-state index contributed by atoms with van der Waals surface area (Å²) in [5.41, 5.74) is 1.18. The molecule has 0 aliphatic carbocycles. The number of aliphatic hydroxyl groups is 1. The van der Waals surface area contributed by atoms with Crippen LogP contribution in [0.1, 0.15) is 19.4 Å². The second kappa shape index (κ2) is 5.07. The van der Waals surface area contributed by atoms with E-state index in [1.165, 1.54) is 5.56 Å². The van der Waals surface area contributed by atoms with Crippen LogP contribution in [0.3, 0.4) is 0 Å². The molecular formula is C14H21NO2. The largest absolute Gasteiger partial charge is 0.492 e. The lowest BCUT2D eigenvalue weighted by Gasteiger charge is -2.29. The smallest absolute Gasteiger partial charge is 0.123 e. The van der Waals surface area contributed by atoms with Crippen LogP contribution in [-0.2, 0) is 6.54 Å². The maximum atomic E-state index is 9.33. The Hall–Kier alpha value is -1.06. The molecule has 0 aromatic heterocycles. The number of aliphatic hydroxyl groups excluding tert-OH is 1. The van der Waals surface area contributed by atoms with Gasteiger partial charge in [-0.2, -0.15) is 0 Å². The highest BCUT2D eigenvalue weighted by atomic mass is 16.5. The lowest BCUT2D eigenvalue weighted by atomic mass is 9.94. The van der Waals surface area contributed by atoms with Gasteiger partial charge in [0.05, 0.1) is 0 Å². The molecule has 0 atom stereocenters. The number of ether oxygens (including phenoxy) is 1. The van der Waals surface area contributed by atoms with Crippen molar-refractivity contribution in [2.24, 2.45) is 5.41 Å². The molecule has 0 amide bonds. The Bertz CT molecular complexity index is 376. The number of fused-ring (bicyclic) bond motifs is 1. The number of hydrogen-bond acceptors (Lipinski definition) is 3. The fraction of sp³-hybridized carbons (Fsp3) is 0.571. The van der Waals surface area contributed by atoms with Crippen molar-refractivity contribution in [1.29, 1.82) is 0 Å². The number of benzene rings is 1. The first kappa shape index (κ1) is 12.4. The first-order chi connectivity index (χ1) is 8.11. The van der Waals surface area contributed by atoms with Crippen molar-refractivity contribution in [3.63, 3.8) is 0 Å². The van der Waals surface area contributed by atoms with Crippen LogP contribution in [0, 0.1) is 5.41 Å². The molecule has 0 unspecified atom stereocenters. The molecule has 0 bridgehead atoms. The van der Waals surface area contributed by atoms with E-state index in [4.69, 9.17) is 4.74 Å². The van der Waals surface area contributed by atoms with Crippen molar-refractivity contribution < 1.29 is 9.84 Å². The summed E-state index contributed by atoms with van der Waals surface area (Å²) < 4.78 is 5.72. The standard InChI is InChI=1S/C14H21NO2/c1-14(2,11-16)10-15-7-8-17-13-6-4-3-5-12(13)9-15/h3-6,16H,7-11H2,1-2H3. The first-order valence-corrected chi connectivity index (χ1v) is 6.15. The average molecular weight is 235 g/mol. The summed E-state index contributed by atoms with van der Waals surface area (Å²) in [7, 11) is 0. The quantitative estimate of drug-likeness (QED) is 0.868. The van der Waals surface area contributed by atoms with Gasteiger partial charge in [0.25, 0.3) is 0 Å². The number of nitrogens with zero attached hydrogens (tertiary/aromatic N) is 1. The molecule has 1 aliphatic rings. The summed E-state index contributed by atoms with van der Waals surface area (Å²) in [4.78, 5) is 2.35. The van der Waals surface area contributed by atoms with E-state index in [0.29, 0.717) is 0 Å². The van der Waals surface area contributed by atoms with Gasteiger partial charge in [0.1, 0.15) is 12.4 Å². The summed E-state index contributed by atoms with van der Waals surface area (Å²) in [5, 5.41) is 9.33. The molecule has 3 nitrogen and oxygen atoms in total. The fourth-order valence-electron chi connectivity index (χ4n) is 2.17. The van der Waals surface area contributed by atoms with Gasteiger partial charge in [-0.1, -0.05) is 32.0 Å². The van der Waals surface area contributed by atoms with E-state index in [1.807, 2.05) is 18.2 Å². The van der Waals surface area contributed by atoms with Crippen molar-refractivity contribution >= 4 is 0 Å². The Kier molecular flexibility index (Phi) is 3.69. The van der Waals surface area contributed by atoms with Gasteiger partial charge in [0.15, 0.2) is 0 Å². The topological polar surface area (TPSA) is 32.7 Å². The zero-order chi connectivity index (χ0) is 12.3. The number of hydrogen-bond donors (Lipinski definition) is 1. The lowest BCUT2D eigenvalue weighted by Crippen LogP contribution is -2.37. The van der Waals surface area contributed by atoms with E-state index >= 15 is 0 Å². The average Bonchev–Trinajstić information content (AvgIpc) is 2.50. The minimum absolute atomic E-state index is 0.0563. The van der Waals surface area contributed by atoms with Crippen LogP contribution >= 0.6 is 0 Å². The molecule has 94 valence electrons. The van der Waals surface area contributed by atoms with Crippen LogP contribution in [0.2, 0.25) is 0 Å².